The van der Waals surface area contributed by atoms with Crippen LogP contribution in [0.4, 0.5) is 0 Å². The van der Waals surface area contributed by atoms with E-state index in [0.29, 0.717) is 0 Å². The van der Waals surface area contributed by atoms with E-state index in [1.54, 1.807) is 45.0 Å². The minimum Gasteiger partial charge on any atom is -0.508 e. The molecule has 0 aliphatic rings. The van der Waals surface area contributed by atoms with Gasteiger partial charge in [-0.2, -0.15) is 0 Å². The predicted octanol–water partition coefficient (Wildman–Crippen LogP) is 2.58. The van der Waals surface area contributed by atoms with Crippen LogP contribution in [0.3, 0.4) is 0 Å². The van der Waals surface area contributed by atoms with Crippen molar-refractivity contribution in [1.82, 2.24) is 10.0 Å². The zero-order chi connectivity index (χ0) is 20.2. The molecule has 8 heteroatoms. The highest BCUT2D eigenvalue weighted by Crippen LogP contribution is 2.26. The van der Waals surface area contributed by atoms with Crippen molar-refractivity contribution in [2.75, 3.05) is 7.11 Å². The lowest BCUT2D eigenvalue weighted by Crippen LogP contribution is -2.31. The van der Waals surface area contributed by atoms with Crippen molar-refractivity contribution in [3.63, 3.8) is 0 Å². The van der Waals surface area contributed by atoms with Crippen molar-refractivity contribution in [2.24, 2.45) is 0 Å². The van der Waals surface area contributed by atoms with Gasteiger partial charge in [-0.1, -0.05) is 12.1 Å². The number of phenols is 1. The number of hydrogen-bond donors (Lipinski definition) is 3. The molecule has 0 spiro atoms. The van der Waals surface area contributed by atoms with Gasteiger partial charge in [0.15, 0.2) is 0 Å². The molecule has 0 aliphatic heterocycles. The zero-order valence-electron chi connectivity index (χ0n) is 15.7. The third kappa shape index (κ3) is 5.21. The number of aromatic hydroxyl groups is 1. The number of sulfonamides is 1. The van der Waals surface area contributed by atoms with Crippen molar-refractivity contribution in [3.8, 4) is 11.5 Å². The van der Waals surface area contributed by atoms with Gasteiger partial charge in [0.05, 0.1) is 13.2 Å². The standard InChI is InChI=1S/C19H24N2O5S/c1-12(2)21-27(24,25)18-11-15(8-9-17(18)26-4)19(23)20-13(3)14-6-5-7-16(22)10-14/h5-13,21-22H,1-4H3,(H,20,23). The summed E-state index contributed by atoms with van der Waals surface area (Å²) in [6.07, 6.45) is 0. The number of benzene rings is 2. The minimum absolute atomic E-state index is 0.101. The summed E-state index contributed by atoms with van der Waals surface area (Å²) in [5.74, 6) is -0.179. The summed E-state index contributed by atoms with van der Waals surface area (Å²) in [5, 5.41) is 12.4. The fraction of sp³-hybridized carbons (Fsp3) is 0.316. The fourth-order valence-corrected chi connectivity index (χ4v) is 4.01. The molecule has 0 saturated heterocycles. The highest BCUT2D eigenvalue weighted by Gasteiger charge is 2.23. The molecule has 0 fully saturated rings. The normalized spacial score (nSPS) is 12.6. The molecule has 146 valence electrons. The van der Waals surface area contributed by atoms with E-state index in [0.717, 1.165) is 5.56 Å². The third-order valence-corrected chi connectivity index (χ3v) is 5.50. The Morgan fingerprint density at radius 1 is 1.11 bits per heavy atom. The molecule has 0 heterocycles. The number of carbonyl (C=O) groups excluding carboxylic acids is 1. The van der Waals surface area contributed by atoms with Gasteiger partial charge in [0.2, 0.25) is 10.0 Å². The largest absolute Gasteiger partial charge is 0.508 e. The first-order valence-electron chi connectivity index (χ1n) is 8.44. The van der Waals surface area contributed by atoms with E-state index in [9.17, 15) is 18.3 Å². The Morgan fingerprint density at radius 2 is 1.81 bits per heavy atom. The molecule has 0 aromatic heterocycles. The zero-order valence-corrected chi connectivity index (χ0v) is 16.5. The van der Waals surface area contributed by atoms with Crippen LogP contribution in [0.1, 0.15) is 42.7 Å². The summed E-state index contributed by atoms with van der Waals surface area (Å²) in [7, 11) is -2.46. The summed E-state index contributed by atoms with van der Waals surface area (Å²) in [6.45, 7) is 5.18. The number of methoxy groups -OCH3 is 1. The maximum absolute atomic E-state index is 12.6. The summed E-state index contributed by atoms with van der Waals surface area (Å²) in [6, 6.07) is 10.1. The first-order chi connectivity index (χ1) is 12.6. The first-order valence-corrected chi connectivity index (χ1v) is 9.92. The van der Waals surface area contributed by atoms with Gasteiger partial charge in [-0.25, -0.2) is 13.1 Å². The Hall–Kier alpha value is -2.58. The van der Waals surface area contributed by atoms with E-state index in [1.165, 1.54) is 25.3 Å². The van der Waals surface area contributed by atoms with Crippen molar-refractivity contribution >= 4 is 15.9 Å². The van der Waals surface area contributed by atoms with Gasteiger partial charge in [-0.15, -0.1) is 0 Å². The van der Waals surface area contributed by atoms with Gasteiger partial charge in [0, 0.05) is 11.6 Å². The van der Waals surface area contributed by atoms with Crippen LogP contribution in [0.2, 0.25) is 0 Å². The lowest BCUT2D eigenvalue weighted by atomic mass is 10.1. The molecule has 7 nitrogen and oxygen atoms in total. The molecule has 1 unspecified atom stereocenters. The second kappa shape index (κ2) is 8.41. The van der Waals surface area contributed by atoms with Crippen molar-refractivity contribution in [2.45, 2.75) is 37.8 Å². The van der Waals surface area contributed by atoms with Crippen LogP contribution >= 0.6 is 0 Å². The summed E-state index contributed by atoms with van der Waals surface area (Å²) in [4.78, 5) is 12.5. The number of phenolic OH excluding ortho intramolecular Hbond substituents is 1. The average Bonchev–Trinajstić information content (AvgIpc) is 2.60. The van der Waals surface area contributed by atoms with Crippen molar-refractivity contribution < 1.29 is 23.1 Å². The Labute approximate surface area is 159 Å². The Morgan fingerprint density at radius 3 is 2.41 bits per heavy atom. The van der Waals surface area contributed by atoms with Crippen LogP contribution in [0.15, 0.2) is 47.4 Å². The number of hydrogen-bond acceptors (Lipinski definition) is 5. The van der Waals surface area contributed by atoms with Gasteiger partial charge in [0.25, 0.3) is 5.91 Å². The Bertz CT molecular complexity index is 925. The van der Waals surface area contributed by atoms with Gasteiger partial charge in [-0.05, 0) is 56.7 Å². The van der Waals surface area contributed by atoms with E-state index >= 15 is 0 Å². The molecule has 0 bridgehead atoms. The number of amides is 1. The molecule has 2 rings (SSSR count). The molecule has 2 aromatic carbocycles. The Balaban J connectivity index is 2.30. The van der Waals surface area contributed by atoms with Gasteiger partial charge in [0.1, 0.15) is 16.4 Å². The van der Waals surface area contributed by atoms with Gasteiger partial charge < -0.3 is 15.2 Å². The highest BCUT2D eigenvalue weighted by atomic mass is 32.2. The first kappa shape index (κ1) is 20.7. The number of rotatable bonds is 7. The summed E-state index contributed by atoms with van der Waals surface area (Å²) >= 11 is 0. The molecular formula is C19H24N2O5S. The van der Waals surface area contributed by atoms with Crippen LogP contribution in [0, 0.1) is 0 Å². The molecule has 0 radical (unpaired) electrons. The summed E-state index contributed by atoms with van der Waals surface area (Å²) < 4.78 is 32.7. The predicted molar refractivity (Wildman–Crippen MR) is 102 cm³/mol. The van der Waals surface area contributed by atoms with Gasteiger partial charge >= 0.3 is 0 Å². The number of ether oxygens (including phenoxy) is 1. The number of nitrogens with one attached hydrogen (secondary N) is 2. The minimum atomic E-state index is -3.83. The van der Waals surface area contributed by atoms with E-state index in [1.807, 2.05) is 0 Å². The van der Waals surface area contributed by atoms with E-state index < -0.39 is 15.9 Å². The van der Waals surface area contributed by atoms with Crippen LogP contribution in [-0.2, 0) is 10.0 Å². The molecule has 0 saturated carbocycles. The second-order valence-corrected chi connectivity index (χ2v) is 8.11. The monoisotopic (exact) mass is 392 g/mol. The maximum Gasteiger partial charge on any atom is 0.251 e. The molecule has 3 N–H and O–H groups in total. The Kier molecular flexibility index (Phi) is 6.45. The smallest absolute Gasteiger partial charge is 0.251 e. The second-order valence-electron chi connectivity index (χ2n) is 6.43. The quantitative estimate of drug-likeness (QED) is 0.672. The SMILES string of the molecule is COc1ccc(C(=O)NC(C)c2cccc(O)c2)cc1S(=O)(=O)NC(C)C. The van der Waals surface area contributed by atoms with Crippen LogP contribution in [0.5, 0.6) is 11.5 Å². The van der Waals surface area contributed by atoms with Crippen molar-refractivity contribution in [1.29, 1.82) is 0 Å². The fourth-order valence-electron chi connectivity index (χ4n) is 2.56. The number of carbonyl (C=O) groups is 1. The maximum atomic E-state index is 12.6. The average molecular weight is 392 g/mol. The third-order valence-electron chi connectivity index (χ3n) is 3.82. The van der Waals surface area contributed by atoms with Crippen LogP contribution < -0.4 is 14.8 Å². The molecule has 2 aromatic rings. The van der Waals surface area contributed by atoms with Crippen LogP contribution in [-0.4, -0.2) is 32.6 Å². The molecular weight excluding hydrogens is 368 g/mol. The topological polar surface area (TPSA) is 105 Å². The van der Waals surface area contributed by atoms with E-state index in [4.69, 9.17) is 4.74 Å². The lowest BCUT2D eigenvalue weighted by Gasteiger charge is -2.16. The van der Waals surface area contributed by atoms with Crippen LogP contribution in [0.25, 0.3) is 0 Å². The lowest BCUT2D eigenvalue weighted by molar-refractivity contribution is 0.0939. The van der Waals surface area contributed by atoms with E-state index in [-0.39, 0.29) is 34.0 Å². The van der Waals surface area contributed by atoms with E-state index in [2.05, 4.69) is 10.0 Å². The van der Waals surface area contributed by atoms with Gasteiger partial charge in [-0.3, -0.25) is 4.79 Å². The molecule has 0 aliphatic carbocycles. The molecule has 27 heavy (non-hydrogen) atoms. The molecule has 1 amide bonds. The van der Waals surface area contributed by atoms with Crippen molar-refractivity contribution in [3.05, 3.63) is 53.6 Å². The molecule has 1 atom stereocenters. The summed E-state index contributed by atoms with van der Waals surface area (Å²) in [5.41, 5.74) is 0.915. The highest BCUT2D eigenvalue weighted by molar-refractivity contribution is 7.89.